The number of nitrogens with one attached hydrogen (secondary N) is 1. The summed E-state index contributed by atoms with van der Waals surface area (Å²) in [5, 5.41) is 13.0. The van der Waals surface area contributed by atoms with Crippen LogP contribution >= 0.6 is 23.5 Å². The fourth-order valence-corrected chi connectivity index (χ4v) is 3.32. The molecule has 0 unspecified atom stereocenters. The molecule has 23 heavy (non-hydrogen) atoms. The maximum Gasteiger partial charge on any atom is 0.244 e. The van der Waals surface area contributed by atoms with Gasteiger partial charge in [-0.05, 0) is 30.5 Å². The number of thioether (sulfide) groups is 2. The second-order valence-electron chi connectivity index (χ2n) is 4.61. The largest absolute Gasteiger partial charge is 0.497 e. The molecule has 128 valence electrons. The van der Waals surface area contributed by atoms with Crippen molar-refractivity contribution in [3.63, 3.8) is 0 Å². The number of hydrogen-bond donors (Lipinski definition) is 2. The van der Waals surface area contributed by atoms with E-state index in [2.05, 4.69) is 5.32 Å². The maximum atomic E-state index is 12.0. The highest BCUT2D eigenvalue weighted by molar-refractivity contribution is 8.15. The van der Waals surface area contributed by atoms with E-state index in [9.17, 15) is 9.90 Å². The summed E-state index contributed by atoms with van der Waals surface area (Å²) >= 11 is 3.40. The Labute approximate surface area is 145 Å². The minimum absolute atomic E-state index is 0.0799. The molecule has 0 radical (unpaired) electrons. The zero-order chi connectivity index (χ0) is 17.1. The van der Waals surface area contributed by atoms with Crippen molar-refractivity contribution in [2.75, 3.05) is 37.9 Å². The SMILES string of the molecule is COc1ccc(OC)c(/C=C\C(=O)N[C@H](CO)CSCSC)c1. The first-order valence-corrected chi connectivity index (χ1v) is 9.57. The van der Waals surface area contributed by atoms with E-state index in [-0.39, 0.29) is 18.6 Å². The Kier molecular flexibility index (Phi) is 9.66. The Morgan fingerprint density at radius 2 is 2.17 bits per heavy atom. The Balaban J connectivity index is 2.66. The van der Waals surface area contributed by atoms with Crippen LogP contribution in [0.15, 0.2) is 24.3 Å². The van der Waals surface area contributed by atoms with Crippen molar-refractivity contribution in [1.29, 1.82) is 0 Å². The highest BCUT2D eigenvalue weighted by atomic mass is 32.2. The van der Waals surface area contributed by atoms with Crippen molar-refractivity contribution in [2.45, 2.75) is 6.04 Å². The molecule has 7 heteroatoms. The van der Waals surface area contributed by atoms with Crippen molar-refractivity contribution in [3.8, 4) is 11.5 Å². The monoisotopic (exact) mass is 357 g/mol. The molecule has 5 nitrogen and oxygen atoms in total. The topological polar surface area (TPSA) is 67.8 Å². The van der Waals surface area contributed by atoms with E-state index in [4.69, 9.17) is 9.47 Å². The van der Waals surface area contributed by atoms with E-state index in [1.165, 1.54) is 6.08 Å². The molecule has 0 spiro atoms. The average molecular weight is 357 g/mol. The highest BCUT2D eigenvalue weighted by Gasteiger charge is 2.10. The molecular weight excluding hydrogens is 334 g/mol. The van der Waals surface area contributed by atoms with Gasteiger partial charge in [-0.2, -0.15) is 11.8 Å². The molecule has 2 N–H and O–H groups in total. The molecule has 1 rings (SSSR count). The first kappa shape index (κ1) is 19.7. The standard InChI is InChI=1S/C16H23NO4S2/c1-20-14-5-6-15(21-2)12(8-14)4-7-16(19)17-13(9-18)10-23-11-22-3/h4-8,13,18H,9-11H2,1-3H3,(H,17,19)/b7-4-/t13-/m1/s1. The number of hydrogen-bond acceptors (Lipinski definition) is 6. The summed E-state index contributed by atoms with van der Waals surface area (Å²) in [5.41, 5.74) is 0.749. The third-order valence-corrected chi connectivity index (χ3v) is 5.19. The minimum atomic E-state index is -0.253. The summed E-state index contributed by atoms with van der Waals surface area (Å²) in [7, 11) is 3.16. The summed E-state index contributed by atoms with van der Waals surface area (Å²) < 4.78 is 10.4. The number of aliphatic hydroxyl groups excluding tert-OH is 1. The van der Waals surface area contributed by atoms with Crippen molar-refractivity contribution in [2.24, 2.45) is 0 Å². The smallest absolute Gasteiger partial charge is 0.244 e. The second-order valence-corrected chi connectivity index (χ2v) is 6.87. The zero-order valence-corrected chi connectivity index (χ0v) is 15.2. The highest BCUT2D eigenvalue weighted by Crippen LogP contribution is 2.25. The first-order valence-electron chi connectivity index (χ1n) is 7.02. The summed E-state index contributed by atoms with van der Waals surface area (Å²) in [6.07, 6.45) is 5.11. The normalized spacial score (nSPS) is 12.2. The lowest BCUT2D eigenvalue weighted by atomic mass is 10.1. The molecule has 0 fully saturated rings. The van der Waals surface area contributed by atoms with E-state index in [1.54, 1.807) is 62.0 Å². The molecule has 1 aromatic rings. The Bertz CT molecular complexity index is 523. The molecule has 0 aromatic heterocycles. The van der Waals surface area contributed by atoms with Gasteiger partial charge in [0.1, 0.15) is 11.5 Å². The van der Waals surface area contributed by atoms with Crippen LogP contribution in [0.25, 0.3) is 6.08 Å². The molecule has 1 amide bonds. The van der Waals surface area contributed by atoms with Gasteiger partial charge in [-0.15, -0.1) is 11.8 Å². The molecule has 0 bridgehead atoms. The lowest BCUT2D eigenvalue weighted by molar-refractivity contribution is -0.117. The van der Waals surface area contributed by atoms with Crippen LogP contribution in [0.2, 0.25) is 0 Å². The van der Waals surface area contributed by atoms with Gasteiger partial charge in [-0.1, -0.05) is 0 Å². The Morgan fingerprint density at radius 3 is 2.78 bits per heavy atom. The number of carbonyl (C=O) groups is 1. The molecule has 0 saturated carbocycles. The van der Waals surface area contributed by atoms with Gasteiger partial charge in [0, 0.05) is 22.5 Å². The summed E-state index contributed by atoms with van der Waals surface area (Å²) in [6.45, 7) is -0.0799. The quantitative estimate of drug-likeness (QED) is 0.380. The number of benzene rings is 1. The number of rotatable bonds is 10. The molecule has 0 saturated heterocycles. The molecule has 0 heterocycles. The van der Waals surface area contributed by atoms with Crippen molar-refractivity contribution in [3.05, 3.63) is 29.8 Å². The van der Waals surface area contributed by atoms with E-state index in [0.717, 1.165) is 10.6 Å². The average Bonchev–Trinajstić information content (AvgIpc) is 2.58. The van der Waals surface area contributed by atoms with Gasteiger partial charge in [0.15, 0.2) is 0 Å². The van der Waals surface area contributed by atoms with Gasteiger partial charge < -0.3 is 19.9 Å². The Morgan fingerprint density at radius 1 is 1.39 bits per heavy atom. The third-order valence-electron chi connectivity index (χ3n) is 2.94. The van der Waals surface area contributed by atoms with Crippen molar-refractivity contribution >= 4 is 35.5 Å². The molecule has 1 aromatic carbocycles. The van der Waals surface area contributed by atoms with E-state index in [0.29, 0.717) is 17.3 Å². The lowest BCUT2D eigenvalue weighted by Crippen LogP contribution is -2.38. The van der Waals surface area contributed by atoms with Crippen LogP contribution in [-0.2, 0) is 4.79 Å². The fraction of sp³-hybridized carbons (Fsp3) is 0.438. The van der Waals surface area contributed by atoms with Gasteiger partial charge in [-0.25, -0.2) is 0 Å². The zero-order valence-electron chi connectivity index (χ0n) is 13.6. The van der Waals surface area contributed by atoms with Crippen LogP contribution in [0.1, 0.15) is 5.56 Å². The van der Waals surface area contributed by atoms with Gasteiger partial charge in [0.25, 0.3) is 0 Å². The molecule has 0 aliphatic carbocycles. The van der Waals surface area contributed by atoms with Gasteiger partial charge in [0.05, 0.1) is 26.9 Å². The molecule has 0 aliphatic rings. The van der Waals surface area contributed by atoms with Crippen LogP contribution in [0.3, 0.4) is 0 Å². The lowest BCUT2D eigenvalue weighted by Gasteiger charge is -2.14. The van der Waals surface area contributed by atoms with E-state index >= 15 is 0 Å². The van der Waals surface area contributed by atoms with Gasteiger partial charge in [0.2, 0.25) is 5.91 Å². The van der Waals surface area contributed by atoms with Crippen LogP contribution in [0.5, 0.6) is 11.5 Å². The summed E-state index contributed by atoms with van der Waals surface area (Å²) in [6, 6.07) is 5.12. The molecule has 1 atom stereocenters. The van der Waals surface area contributed by atoms with E-state index < -0.39 is 0 Å². The fourth-order valence-electron chi connectivity index (χ4n) is 1.80. The number of amides is 1. The predicted octanol–water partition coefficient (Wildman–Crippen LogP) is 2.25. The van der Waals surface area contributed by atoms with Crippen LogP contribution < -0.4 is 14.8 Å². The third kappa shape index (κ3) is 7.20. The number of aliphatic hydroxyl groups is 1. The minimum Gasteiger partial charge on any atom is -0.497 e. The Hall–Kier alpha value is -1.31. The number of carbonyl (C=O) groups excluding carboxylic acids is 1. The van der Waals surface area contributed by atoms with E-state index in [1.807, 2.05) is 6.26 Å². The van der Waals surface area contributed by atoms with Gasteiger partial charge >= 0.3 is 0 Å². The number of ether oxygens (including phenoxy) is 2. The van der Waals surface area contributed by atoms with Gasteiger partial charge in [-0.3, -0.25) is 4.79 Å². The summed E-state index contributed by atoms with van der Waals surface area (Å²) in [5.74, 6) is 1.77. The molecule has 0 aliphatic heterocycles. The van der Waals surface area contributed by atoms with Crippen molar-refractivity contribution < 1.29 is 19.4 Å². The predicted molar refractivity (Wildman–Crippen MR) is 98.4 cm³/mol. The first-order chi connectivity index (χ1) is 11.1. The maximum absolute atomic E-state index is 12.0. The van der Waals surface area contributed by atoms with Crippen LogP contribution in [-0.4, -0.2) is 55.0 Å². The number of methoxy groups -OCH3 is 2. The van der Waals surface area contributed by atoms with Crippen LogP contribution in [0, 0.1) is 0 Å². The summed E-state index contributed by atoms with van der Waals surface area (Å²) in [4.78, 5) is 12.0. The molecular formula is C16H23NO4S2. The van der Waals surface area contributed by atoms with Crippen molar-refractivity contribution in [1.82, 2.24) is 5.32 Å². The van der Waals surface area contributed by atoms with Crippen LogP contribution in [0.4, 0.5) is 0 Å². The second kappa shape index (κ2) is 11.3.